The van der Waals surface area contributed by atoms with E-state index in [0.29, 0.717) is 0 Å². The molecule has 0 spiro atoms. The SMILES string of the molecule is CN(Cc1ccccc1)S(=O)(=O)c1ccc(-n2c(N)c3c(cc2=O)C(=O)NC3=O)cc1. The van der Waals surface area contributed by atoms with Crippen molar-refractivity contribution in [2.24, 2.45) is 0 Å². The third-order valence-corrected chi connectivity index (χ3v) is 6.82. The van der Waals surface area contributed by atoms with Crippen LogP contribution in [0.25, 0.3) is 5.69 Å². The maximum absolute atomic E-state index is 12.9. The lowest BCUT2D eigenvalue weighted by molar-refractivity contribution is 0.0880. The topological polar surface area (TPSA) is 132 Å². The van der Waals surface area contributed by atoms with Crippen molar-refractivity contribution in [3.8, 4) is 5.69 Å². The van der Waals surface area contributed by atoms with Crippen LogP contribution in [0.5, 0.6) is 0 Å². The summed E-state index contributed by atoms with van der Waals surface area (Å²) in [4.78, 5) is 36.3. The Hall–Kier alpha value is -3.76. The fourth-order valence-electron chi connectivity index (χ4n) is 3.42. The maximum atomic E-state index is 12.9. The molecule has 3 N–H and O–H groups in total. The zero-order chi connectivity index (χ0) is 22.3. The van der Waals surface area contributed by atoms with Crippen molar-refractivity contribution >= 4 is 27.7 Å². The lowest BCUT2D eigenvalue weighted by Gasteiger charge is -2.18. The number of imide groups is 1. The molecule has 0 fully saturated rings. The van der Waals surface area contributed by atoms with Gasteiger partial charge in [0.05, 0.1) is 21.7 Å². The number of nitrogens with zero attached hydrogens (tertiary/aromatic N) is 2. The van der Waals surface area contributed by atoms with Gasteiger partial charge < -0.3 is 5.73 Å². The normalized spacial score (nSPS) is 13.4. The summed E-state index contributed by atoms with van der Waals surface area (Å²) >= 11 is 0. The van der Waals surface area contributed by atoms with Crippen molar-refractivity contribution in [1.29, 1.82) is 0 Å². The molecule has 1 aliphatic rings. The number of anilines is 1. The van der Waals surface area contributed by atoms with E-state index < -0.39 is 27.4 Å². The number of hydrogen-bond donors (Lipinski definition) is 2. The lowest BCUT2D eigenvalue weighted by atomic mass is 10.1. The number of nitrogens with two attached hydrogens (primary N) is 1. The standard InChI is InChI=1S/C21H18N4O5S/c1-24(12-13-5-3-2-4-6-13)31(29,30)15-9-7-14(8-10-15)25-17(26)11-16-18(19(25)22)21(28)23-20(16)27/h2-11H,12,22H2,1H3,(H,23,27,28). The number of carbonyl (C=O) groups excluding carboxylic acids is 2. The maximum Gasteiger partial charge on any atom is 0.262 e. The fraction of sp³-hybridized carbons (Fsp3) is 0.0952. The zero-order valence-electron chi connectivity index (χ0n) is 16.4. The summed E-state index contributed by atoms with van der Waals surface area (Å²) in [7, 11) is -2.30. The predicted molar refractivity (Wildman–Crippen MR) is 113 cm³/mol. The van der Waals surface area contributed by atoms with E-state index in [1.54, 1.807) is 0 Å². The Kier molecular flexibility index (Phi) is 4.96. The zero-order valence-corrected chi connectivity index (χ0v) is 17.2. The Morgan fingerprint density at radius 1 is 0.968 bits per heavy atom. The quantitative estimate of drug-likeness (QED) is 0.574. The first-order valence-corrected chi connectivity index (χ1v) is 10.7. The molecule has 2 amide bonds. The molecule has 31 heavy (non-hydrogen) atoms. The van der Waals surface area contributed by atoms with Gasteiger partial charge in [-0.1, -0.05) is 30.3 Å². The van der Waals surface area contributed by atoms with Gasteiger partial charge >= 0.3 is 0 Å². The van der Waals surface area contributed by atoms with Gasteiger partial charge in [0.25, 0.3) is 17.4 Å². The van der Waals surface area contributed by atoms with E-state index in [4.69, 9.17) is 5.73 Å². The van der Waals surface area contributed by atoms with E-state index in [2.05, 4.69) is 5.32 Å². The van der Waals surface area contributed by atoms with Gasteiger partial charge in [0.1, 0.15) is 5.82 Å². The molecular formula is C21H18N4O5S. The molecule has 9 nitrogen and oxygen atoms in total. The molecule has 158 valence electrons. The van der Waals surface area contributed by atoms with Gasteiger partial charge in [0.2, 0.25) is 10.0 Å². The van der Waals surface area contributed by atoms with Gasteiger partial charge in [-0.2, -0.15) is 4.31 Å². The minimum absolute atomic E-state index is 0.0374. The van der Waals surface area contributed by atoms with Crippen molar-refractivity contribution in [3.63, 3.8) is 0 Å². The fourth-order valence-corrected chi connectivity index (χ4v) is 4.58. The van der Waals surface area contributed by atoms with Crippen LogP contribution in [0.2, 0.25) is 0 Å². The number of benzene rings is 2. The highest BCUT2D eigenvalue weighted by Crippen LogP contribution is 2.24. The summed E-state index contributed by atoms with van der Waals surface area (Å²) in [5.74, 6) is -1.56. The van der Waals surface area contributed by atoms with Crippen LogP contribution in [0.15, 0.2) is 70.4 Å². The van der Waals surface area contributed by atoms with Gasteiger partial charge in [0, 0.05) is 19.7 Å². The first kappa shape index (κ1) is 20.5. The summed E-state index contributed by atoms with van der Waals surface area (Å²) in [6.07, 6.45) is 0. The molecule has 0 saturated heterocycles. The molecule has 1 aromatic heterocycles. The summed E-state index contributed by atoms with van der Waals surface area (Å²) in [6, 6.07) is 15.8. The molecule has 0 bridgehead atoms. The Bertz CT molecular complexity index is 1360. The summed E-state index contributed by atoms with van der Waals surface area (Å²) in [6.45, 7) is 0.200. The van der Waals surface area contributed by atoms with Gasteiger partial charge in [0.15, 0.2) is 0 Å². The molecule has 10 heteroatoms. The summed E-state index contributed by atoms with van der Waals surface area (Å²) in [5.41, 5.74) is 6.34. The van der Waals surface area contributed by atoms with Crippen LogP contribution in [0.1, 0.15) is 26.3 Å². The molecule has 0 aliphatic carbocycles. The number of carbonyl (C=O) groups is 2. The third kappa shape index (κ3) is 3.51. The average Bonchev–Trinajstić information content (AvgIpc) is 3.02. The van der Waals surface area contributed by atoms with Gasteiger partial charge in [-0.25, -0.2) is 8.42 Å². The van der Waals surface area contributed by atoms with E-state index in [9.17, 15) is 22.8 Å². The molecular weight excluding hydrogens is 420 g/mol. The van der Waals surface area contributed by atoms with Crippen LogP contribution in [0, 0.1) is 0 Å². The highest BCUT2D eigenvalue weighted by atomic mass is 32.2. The molecule has 0 atom stereocenters. The monoisotopic (exact) mass is 438 g/mol. The number of nitrogens with one attached hydrogen (secondary N) is 1. The van der Waals surface area contributed by atoms with E-state index in [-0.39, 0.29) is 34.1 Å². The molecule has 3 aromatic rings. The van der Waals surface area contributed by atoms with Crippen LogP contribution < -0.4 is 16.6 Å². The number of hydrogen-bond acceptors (Lipinski definition) is 6. The average molecular weight is 438 g/mol. The summed E-state index contributed by atoms with van der Waals surface area (Å²) in [5, 5.41) is 2.10. The lowest BCUT2D eigenvalue weighted by Crippen LogP contribution is -2.27. The minimum Gasteiger partial charge on any atom is -0.384 e. The van der Waals surface area contributed by atoms with Crippen LogP contribution in [0.4, 0.5) is 5.82 Å². The molecule has 4 rings (SSSR count). The first-order chi connectivity index (χ1) is 14.7. The number of aromatic nitrogens is 1. The molecule has 0 unspecified atom stereocenters. The smallest absolute Gasteiger partial charge is 0.262 e. The molecule has 2 heterocycles. The van der Waals surface area contributed by atoms with E-state index in [1.807, 2.05) is 30.3 Å². The largest absolute Gasteiger partial charge is 0.384 e. The Labute approximate surface area is 177 Å². The van der Waals surface area contributed by atoms with Gasteiger partial charge in [-0.05, 0) is 29.8 Å². The number of pyridine rings is 1. The number of amides is 2. The minimum atomic E-state index is -3.78. The third-order valence-electron chi connectivity index (χ3n) is 5.00. The molecule has 2 aromatic carbocycles. The highest BCUT2D eigenvalue weighted by Gasteiger charge is 2.32. The van der Waals surface area contributed by atoms with Gasteiger partial charge in [-0.15, -0.1) is 0 Å². The van der Waals surface area contributed by atoms with E-state index in [0.717, 1.165) is 16.2 Å². The predicted octanol–water partition coefficient (Wildman–Crippen LogP) is 1.12. The Balaban J connectivity index is 1.68. The van der Waals surface area contributed by atoms with E-state index in [1.165, 1.54) is 35.6 Å². The number of rotatable bonds is 5. The van der Waals surface area contributed by atoms with Crippen molar-refractivity contribution in [2.75, 3.05) is 12.8 Å². The Morgan fingerprint density at radius 2 is 1.61 bits per heavy atom. The van der Waals surface area contributed by atoms with Crippen LogP contribution in [-0.4, -0.2) is 36.2 Å². The Morgan fingerprint density at radius 3 is 2.26 bits per heavy atom. The second kappa shape index (κ2) is 7.49. The highest BCUT2D eigenvalue weighted by molar-refractivity contribution is 7.89. The number of nitrogen functional groups attached to an aromatic ring is 1. The van der Waals surface area contributed by atoms with Crippen molar-refractivity contribution < 1.29 is 18.0 Å². The molecule has 0 radical (unpaired) electrons. The molecule has 0 saturated carbocycles. The number of fused-ring (bicyclic) bond motifs is 1. The van der Waals surface area contributed by atoms with Crippen molar-refractivity contribution in [3.05, 3.63) is 87.7 Å². The van der Waals surface area contributed by atoms with Gasteiger partial charge in [-0.3, -0.25) is 24.3 Å². The van der Waals surface area contributed by atoms with E-state index >= 15 is 0 Å². The van der Waals surface area contributed by atoms with Crippen LogP contribution in [0.3, 0.4) is 0 Å². The number of sulfonamides is 1. The second-order valence-corrected chi connectivity index (χ2v) is 9.06. The summed E-state index contributed by atoms with van der Waals surface area (Å²) < 4.78 is 28.1. The van der Waals surface area contributed by atoms with Crippen LogP contribution >= 0.6 is 0 Å². The van der Waals surface area contributed by atoms with Crippen molar-refractivity contribution in [2.45, 2.75) is 11.4 Å². The molecule has 1 aliphatic heterocycles. The van der Waals surface area contributed by atoms with Crippen LogP contribution in [-0.2, 0) is 16.6 Å². The second-order valence-electron chi connectivity index (χ2n) is 7.02. The first-order valence-electron chi connectivity index (χ1n) is 9.22. The van der Waals surface area contributed by atoms with Crippen molar-refractivity contribution in [1.82, 2.24) is 14.2 Å².